The van der Waals surface area contributed by atoms with Gasteiger partial charge in [0.15, 0.2) is 0 Å². The van der Waals surface area contributed by atoms with Crippen LogP contribution in [0.1, 0.15) is 35.7 Å². The Hall–Kier alpha value is -1.19. The average molecular weight is 260 g/mol. The number of thiazole rings is 1. The minimum atomic E-state index is 0.507. The Balaban J connectivity index is 1.95. The van der Waals surface area contributed by atoms with E-state index in [1.54, 1.807) is 11.3 Å². The lowest BCUT2D eigenvalue weighted by atomic mass is 10.1. The van der Waals surface area contributed by atoms with Crippen LogP contribution in [-0.4, -0.2) is 11.0 Å². The number of aryl methyl sites for hydroxylation is 1. The fraction of sp³-hybridized carbons (Fsp3) is 0.400. The largest absolute Gasteiger partial charge is 0.309 e. The molecule has 0 spiro atoms. The number of benzene rings is 1. The molecule has 3 heteroatoms. The van der Waals surface area contributed by atoms with Crippen molar-refractivity contribution in [2.24, 2.45) is 0 Å². The zero-order chi connectivity index (χ0) is 13.0. The topological polar surface area (TPSA) is 24.9 Å². The molecule has 0 radical (unpaired) electrons. The molecule has 0 atom stereocenters. The molecule has 2 rings (SSSR count). The summed E-state index contributed by atoms with van der Waals surface area (Å²) >= 11 is 1.75. The Morgan fingerprint density at radius 1 is 1.22 bits per heavy atom. The molecule has 0 saturated heterocycles. The van der Waals surface area contributed by atoms with Gasteiger partial charge in [-0.05, 0) is 12.5 Å². The van der Waals surface area contributed by atoms with E-state index in [4.69, 9.17) is 0 Å². The molecule has 2 aromatic rings. The molecule has 1 heterocycles. The minimum absolute atomic E-state index is 0.507. The predicted molar refractivity (Wildman–Crippen MR) is 78.1 cm³/mol. The fourth-order valence-electron chi connectivity index (χ4n) is 1.70. The summed E-state index contributed by atoms with van der Waals surface area (Å²) in [5, 5.41) is 6.74. The molecule has 2 nitrogen and oxygen atoms in total. The van der Waals surface area contributed by atoms with Gasteiger partial charge in [0.25, 0.3) is 0 Å². The second-order valence-corrected chi connectivity index (χ2v) is 5.87. The van der Waals surface area contributed by atoms with Gasteiger partial charge in [0.2, 0.25) is 0 Å². The molecule has 1 N–H and O–H groups in total. The molecule has 96 valence electrons. The van der Waals surface area contributed by atoms with Gasteiger partial charge in [-0.3, -0.25) is 0 Å². The maximum Gasteiger partial charge on any atom is 0.0972 e. The quantitative estimate of drug-likeness (QED) is 0.889. The van der Waals surface area contributed by atoms with E-state index >= 15 is 0 Å². The van der Waals surface area contributed by atoms with Crippen LogP contribution in [0, 0.1) is 6.92 Å². The summed E-state index contributed by atoms with van der Waals surface area (Å²) in [7, 11) is 0. The van der Waals surface area contributed by atoms with Crippen molar-refractivity contribution < 1.29 is 0 Å². The highest BCUT2D eigenvalue weighted by molar-refractivity contribution is 7.09. The van der Waals surface area contributed by atoms with E-state index in [-0.39, 0.29) is 0 Å². The molecule has 0 amide bonds. The lowest BCUT2D eigenvalue weighted by Crippen LogP contribution is -2.21. The van der Waals surface area contributed by atoms with Crippen molar-refractivity contribution in [1.29, 1.82) is 0 Å². The van der Waals surface area contributed by atoms with Gasteiger partial charge in [-0.1, -0.05) is 43.7 Å². The van der Waals surface area contributed by atoms with Crippen LogP contribution in [0.25, 0.3) is 0 Å². The van der Waals surface area contributed by atoms with Gasteiger partial charge in [-0.15, -0.1) is 11.3 Å². The second kappa shape index (κ2) is 6.12. The Morgan fingerprint density at radius 2 is 1.94 bits per heavy atom. The highest BCUT2D eigenvalue weighted by Gasteiger charge is 2.03. The third kappa shape index (κ3) is 3.93. The van der Waals surface area contributed by atoms with E-state index in [0.29, 0.717) is 6.04 Å². The molecule has 0 aliphatic rings. The highest BCUT2D eigenvalue weighted by Crippen LogP contribution is 2.15. The SMILES string of the molecule is Cc1ccc(Cc2nc(CNC(C)C)cs2)cc1. The summed E-state index contributed by atoms with van der Waals surface area (Å²) < 4.78 is 0. The lowest BCUT2D eigenvalue weighted by molar-refractivity contribution is 0.582. The standard InChI is InChI=1S/C15H20N2S/c1-11(2)16-9-14-10-18-15(17-14)8-13-6-4-12(3)5-7-13/h4-7,10-11,16H,8-9H2,1-3H3. The van der Waals surface area contributed by atoms with Crippen molar-refractivity contribution in [2.45, 2.75) is 39.8 Å². The Bertz CT molecular complexity index is 485. The summed E-state index contributed by atoms with van der Waals surface area (Å²) in [5.74, 6) is 0. The van der Waals surface area contributed by atoms with Crippen molar-refractivity contribution >= 4 is 11.3 Å². The Morgan fingerprint density at radius 3 is 2.61 bits per heavy atom. The van der Waals surface area contributed by atoms with Gasteiger partial charge in [0.1, 0.15) is 0 Å². The van der Waals surface area contributed by atoms with Crippen LogP contribution in [0.4, 0.5) is 0 Å². The smallest absolute Gasteiger partial charge is 0.0972 e. The Labute approximate surface area is 113 Å². The third-order valence-electron chi connectivity index (χ3n) is 2.77. The molecule has 1 aromatic heterocycles. The van der Waals surface area contributed by atoms with E-state index in [0.717, 1.165) is 18.7 Å². The first kappa shape index (κ1) is 13.2. The van der Waals surface area contributed by atoms with Gasteiger partial charge in [0.05, 0.1) is 10.7 Å². The van der Waals surface area contributed by atoms with E-state index in [2.05, 4.69) is 60.7 Å². The molecule has 18 heavy (non-hydrogen) atoms. The zero-order valence-corrected chi connectivity index (χ0v) is 12.1. The van der Waals surface area contributed by atoms with Gasteiger partial charge >= 0.3 is 0 Å². The molecule has 0 unspecified atom stereocenters. The van der Waals surface area contributed by atoms with Crippen molar-refractivity contribution in [3.8, 4) is 0 Å². The van der Waals surface area contributed by atoms with Crippen LogP contribution in [0.2, 0.25) is 0 Å². The summed E-state index contributed by atoms with van der Waals surface area (Å²) in [6.45, 7) is 7.28. The zero-order valence-electron chi connectivity index (χ0n) is 11.2. The second-order valence-electron chi connectivity index (χ2n) is 4.93. The number of nitrogens with one attached hydrogen (secondary N) is 1. The van der Waals surface area contributed by atoms with Crippen molar-refractivity contribution in [3.05, 3.63) is 51.5 Å². The maximum absolute atomic E-state index is 4.66. The average Bonchev–Trinajstić information content (AvgIpc) is 2.77. The summed E-state index contributed by atoms with van der Waals surface area (Å²) in [4.78, 5) is 4.66. The van der Waals surface area contributed by atoms with Crippen LogP contribution in [-0.2, 0) is 13.0 Å². The van der Waals surface area contributed by atoms with Crippen LogP contribution < -0.4 is 5.32 Å². The summed E-state index contributed by atoms with van der Waals surface area (Å²) in [6, 6.07) is 9.19. The molecule has 1 aromatic carbocycles. The van der Waals surface area contributed by atoms with Gasteiger partial charge in [-0.25, -0.2) is 4.98 Å². The molecule has 0 aliphatic carbocycles. The van der Waals surface area contributed by atoms with E-state index < -0.39 is 0 Å². The number of hydrogen-bond donors (Lipinski definition) is 1. The normalized spacial score (nSPS) is 11.1. The van der Waals surface area contributed by atoms with Crippen LogP contribution in [0.15, 0.2) is 29.6 Å². The number of nitrogens with zero attached hydrogens (tertiary/aromatic N) is 1. The molecule has 0 fully saturated rings. The molecular formula is C15H20N2S. The van der Waals surface area contributed by atoms with E-state index in [1.165, 1.54) is 16.1 Å². The monoisotopic (exact) mass is 260 g/mol. The summed E-state index contributed by atoms with van der Waals surface area (Å²) in [6.07, 6.45) is 0.937. The van der Waals surface area contributed by atoms with Gasteiger partial charge < -0.3 is 5.32 Å². The highest BCUT2D eigenvalue weighted by atomic mass is 32.1. The van der Waals surface area contributed by atoms with E-state index in [9.17, 15) is 0 Å². The predicted octanol–water partition coefficient (Wildman–Crippen LogP) is 3.54. The lowest BCUT2D eigenvalue weighted by Gasteiger charge is -2.04. The van der Waals surface area contributed by atoms with Crippen molar-refractivity contribution in [1.82, 2.24) is 10.3 Å². The minimum Gasteiger partial charge on any atom is -0.309 e. The number of hydrogen-bond acceptors (Lipinski definition) is 3. The first-order chi connectivity index (χ1) is 8.63. The van der Waals surface area contributed by atoms with Gasteiger partial charge in [0, 0.05) is 24.4 Å². The van der Waals surface area contributed by atoms with Crippen LogP contribution >= 0.6 is 11.3 Å². The van der Waals surface area contributed by atoms with Crippen LogP contribution in [0.5, 0.6) is 0 Å². The van der Waals surface area contributed by atoms with Crippen LogP contribution in [0.3, 0.4) is 0 Å². The molecular weight excluding hydrogens is 240 g/mol. The Kier molecular flexibility index (Phi) is 4.50. The first-order valence-corrected chi connectivity index (χ1v) is 7.23. The van der Waals surface area contributed by atoms with Crippen molar-refractivity contribution in [2.75, 3.05) is 0 Å². The maximum atomic E-state index is 4.66. The fourth-order valence-corrected chi connectivity index (χ4v) is 2.53. The van der Waals surface area contributed by atoms with Crippen molar-refractivity contribution in [3.63, 3.8) is 0 Å². The third-order valence-corrected chi connectivity index (χ3v) is 3.66. The van der Waals surface area contributed by atoms with Gasteiger partial charge in [-0.2, -0.15) is 0 Å². The molecule has 0 bridgehead atoms. The number of rotatable bonds is 5. The summed E-state index contributed by atoms with van der Waals surface area (Å²) in [5.41, 5.74) is 3.79. The van der Waals surface area contributed by atoms with E-state index in [1.807, 2.05) is 0 Å². The molecule has 0 saturated carbocycles. The number of aromatic nitrogens is 1. The first-order valence-electron chi connectivity index (χ1n) is 6.35. The molecule has 0 aliphatic heterocycles.